The van der Waals surface area contributed by atoms with Gasteiger partial charge in [-0.3, -0.25) is 4.79 Å². The van der Waals surface area contributed by atoms with Crippen LogP contribution in [0.4, 0.5) is 5.13 Å². The van der Waals surface area contributed by atoms with Gasteiger partial charge in [0.05, 0.1) is 27.3 Å². The van der Waals surface area contributed by atoms with Gasteiger partial charge in [-0.05, 0) is 42.2 Å². The minimum atomic E-state index is -3.22. The monoisotopic (exact) mass is 475 g/mol. The number of hydrogen-bond donors (Lipinski definition) is 0. The fraction of sp³-hybridized carbons (Fsp3) is 0.364. The summed E-state index contributed by atoms with van der Waals surface area (Å²) in [5.41, 5.74) is 1.85. The van der Waals surface area contributed by atoms with Crippen molar-refractivity contribution in [1.82, 2.24) is 9.88 Å². The molecule has 0 aliphatic carbocycles. The van der Waals surface area contributed by atoms with Gasteiger partial charge >= 0.3 is 0 Å². The number of thiazole rings is 1. The first-order chi connectivity index (χ1) is 14.9. The van der Waals surface area contributed by atoms with Crippen molar-refractivity contribution in [3.63, 3.8) is 0 Å². The van der Waals surface area contributed by atoms with E-state index in [4.69, 9.17) is 4.98 Å². The zero-order chi connectivity index (χ0) is 22.0. The fourth-order valence-corrected chi connectivity index (χ4v) is 6.02. The molecule has 0 atom stereocenters. The quantitative estimate of drug-likeness (QED) is 0.506. The molecule has 1 aromatic heterocycles. The number of nitrogens with zero attached hydrogens (tertiary/aromatic N) is 3. The van der Waals surface area contributed by atoms with E-state index in [2.05, 4.69) is 29.4 Å². The van der Waals surface area contributed by atoms with E-state index in [0.29, 0.717) is 18.0 Å². The number of thioether (sulfide) groups is 1. The van der Waals surface area contributed by atoms with Gasteiger partial charge < -0.3 is 9.80 Å². The lowest BCUT2D eigenvalue weighted by atomic mass is 10.1. The Morgan fingerprint density at radius 1 is 1.10 bits per heavy atom. The van der Waals surface area contributed by atoms with Crippen LogP contribution in [-0.2, 0) is 21.1 Å². The van der Waals surface area contributed by atoms with Crippen LogP contribution in [0.15, 0.2) is 52.3 Å². The molecule has 1 fully saturated rings. The average Bonchev–Trinajstić information content (AvgIpc) is 3.23. The first-order valence-electron chi connectivity index (χ1n) is 10.2. The van der Waals surface area contributed by atoms with Crippen molar-refractivity contribution in [2.45, 2.75) is 23.1 Å². The molecule has 1 aliphatic rings. The molecule has 2 heterocycles. The van der Waals surface area contributed by atoms with Gasteiger partial charge in [-0.1, -0.05) is 30.4 Å². The molecule has 31 heavy (non-hydrogen) atoms. The summed E-state index contributed by atoms with van der Waals surface area (Å²) in [6, 6.07) is 13.0. The van der Waals surface area contributed by atoms with Gasteiger partial charge in [-0.15, -0.1) is 11.8 Å². The van der Waals surface area contributed by atoms with Gasteiger partial charge in [0.1, 0.15) is 0 Å². The summed E-state index contributed by atoms with van der Waals surface area (Å²) in [4.78, 5) is 23.2. The van der Waals surface area contributed by atoms with Crippen LogP contribution in [0.3, 0.4) is 0 Å². The molecule has 3 aromatic rings. The molecule has 2 aromatic carbocycles. The van der Waals surface area contributed by atoms with E-state index < -0.39 is 9.84 Å². The summed E-state index contributed by atoms with van der Waals surface area (Å²) < 4.78 is 25.1. The molecule has 4 rings (SSSR count). The highest BCUT2D eigenvalue weighted by Crippen LogP contribution is 2.32. The van der Waals surface area contributed by atoms with Gasteiger partial charge in [0.2, 0.25) is 5.91 Å². The molecule has 9 heteroatoms. The maximum atomic E-state index is 12.7. The summed E-state index contributed by atoms with van der Waals surface area (Å²) >= 11 is 3.43. The largest absolute Gasteiger partial charge is 0.345 e. The van der Waals surface area contributed by atoms with Gasteiger partial charge in [-0.2, -0.15) is 0 Å². The smallest absolute Gasteiger partial charge is 0.227 e. The van der Waals surface area contributed by atoms with E-state index in [9.17, 15) is 13.2 Å². The first kappa shape index (κ1) is 22.1. The number of aromatic nitrogens is 1. The Hall–Kier alpha value is -2.10. The normalized spacial score (nSPS) is 14.9. The summed E-state index contributed by atoms with van der Waals surface area (Å²) in [6.07, 6.45) is 2.35. The van der Waals surface area contributed by atoms with Crippen molar-refractivity contribution in [2.75, 3.05) is 43.1 Å². The second kappa shape index (κ2) is 9.18. The van der Waals surface area contributed by atoms with E-state index in [-0.39, 0.29) is 18.1 Å². The number of piperazine rings is 1. The van der Waals surface area contributed by atoms with Crippen molar-refractivity contribution in [3.05, 3.63) is 48.0 Å². The lowest BCUT2D eigenvalue weighted by molar-refractivity contribution is -0.130. The third-order valence-electron chi connectivity index (χ3n) is 5.51. The van der Waals surface area contributed by atoms with Crippen molar-refractivity contribution in [2.24, 2.45) is 0 Å². The number of hydrogen-bond acceptors (Lipinski definition) is 7. The minimum Gasteiger partial charge on any atom is -0.345 e. The Balaban J connectivity index is 1.36. The van der Waals surface area contributed by atoms with Gasteiger partial charge in [0, 0.05) is 31.1 Å². The zero-order valence-corrected chi connectivity index (χ0v) is 20.0. The van der Waals surface area contributed by atoms with Gasteiger partial charge in [0.25, 0.3) is 0 Å². The van der Waals surface area contributed by atoms with E-state index in [0.717, 1.165) is 29.3 Å². The third-order valence-corrected chi connectivity index (χ3v) is 9.06. The standard InChI is InChI=1S/C22H25N3O3S3/c1-3-31(27,28)18-7-4-16(5-8-18)14-21(26)24-10-12-25(13-11-24)22-23-19-9-6-17(29-2)15-20(19)30-22/h4-9,15H,3,10-14H2,1-2H3. The molecule has 164 valence electrons. The van der Waals surface area contributed by atoms with Gasteiger partial charge in [-0.25, -0.2) is 13.4 Å². The molecule has 1 amide bonds. The zero-order valence-electron chi connectivity index (χ0n) is 17.6. The van der Waals surface area contributed by atoms with Crippen molar-refractivity contribution in [3.8, 4) is 0 Å². The molecule has 0 unspecified atom stereocenters. The molecule has 0 bridgehead atoms. The van der Waals surface area contributed by atoms with Crippen LogP contribution in [0.25, 0.3) is 10.2 Å². The molecular weight excluding hydrogens is 450 g/mol. The SMILES string of the molecule is CCS(=O)(=O)c1ccc(CC(=O)N2CCN(c3nc4ccc(SC)cc4s3)CC2)cc1. The summed E-state index contributed by atoms with van der Waals surface area (Å²) in [5, 5.41) is 1.01. The van der Waals surface area contributed by atoms with Crippen molar-refractivity contribution in [1.29, 1.82) is 0 Å². The molecule has 1 aliphatic heterocycles. The fourth-order valence-electron chi connectivity index (χ4n) is 3.57. The summed E-state index contributed by atoms with van der Waals surface area (Å²) in [5.74, 6) is 0.141. The van der Waals surface area contributed by atoms with E-state index in [1.54, 1.807) is 54.3 Å². The number of benzene rings is 2. The second-order valence-corrected chi connectivity index (χ2v) is 11.6. The van der Waals surface area contributed by atoms with Crippen LogP contribution in [0.2, 0.25) is 0 Å². The number of amides is 1. The number of carbonyl (C=O) groups excluding carboxylic acids is 1. The number of rotatable bonds is 6. The maximum absolute atomic E-state index is 12.7. The molecule has 1 saturated heterocycles. The van der Waals surface area contributed by atoms with E-state index in [1.165, 1.54) is 9.60 Å². The van der Waals surface area contributed by atoms with Crippen LogP contribution in [-0.4, -0.2) is 62.4 Å². The Morgan fingerprint density at radius 2 is 1.81 bits per heavy atom. The number of carbonyl (C=O) groups is 1. The number of fused-ring (bicyclic) bond motifs is 1. The molecule has 6 nitrogen and oxygen atoms in total. The van der Waals surface area contributed by atoms with E-state index in [1.807, 2.05) is 4.90 Å². The van der Waals surface area contributed by atoms with Crippen LogP contribution in [0.1, 0.15) is 12.5 Å². The lowest BCUT2D eigenvalue weighted by Crippen LogP contribution is -2.49. The molecule has 0 spiro atoms. The molecular formula is C22H25N3O3S3. The van der Waals surface area contributed by atoms with Crippen LogP contribution in [0, 0.1) is 0 Å². The Kier molecular flexibility index (Phi) is 6.55. The summed E-state index contributed by atoms with van der Waals surface area (Å²) in [7, 11) is -3.22. The highest BCUT2D eigenvalue weighted by molar-refractivity contribution is 7.98. The van der Waals surface area contributed by atoms with Crippen LogP contribution in [0.5, 0.6) is 0 Å². The lowest BCUT2D eigenvalue weighted by Gasteiger charge is -2.34. The van der Waals surface area contributed by atoms with Crippen molar-refractivity contribution < 1.29 is 13.2 Å². The Morgan fingerprint density at radius 3 is 2.45 bits per heavy atom. The van der Waals surface area contributed by atoms with Gasteiger partial charge in [0.15, 0.2) is 15.0 Å². The van der Waals surface area contributed by atoms with E-state index >= 15 is 0 Å². The average molecular weight is 476 g/mol. The predicted octanol–water partition coefficient (Wildman–Crippen LogP) is 3.70. The molecule has 0 saturated carbocycles. The number of sulfone groups is 1. The molecule has 0 radical (unpaired) electrons. The predicted molar refractivity (Wildman–Crippen MR) is 128 cm³/mol. The Labute approximate surface area is 191 Å². The topological polar surface area (TPSA) is 70.6 Å². The van der Waals surface area contributed by atoms with Crippen LogP contribution < -0.4 is 4.90 Å². The van der Waals surface area contributed by atoms with Crippen molar-refractivity contribution >= 4 is 54.2 Å². The first-order valence-corrected chi connectivity index (χ1v) is 13.9. The maximum Gasteiger partial charge on any atom is 0.227 e. The minimum absolute atomic E-state index is 0.0691. The second-order valence-electron chi connectivity index (χ2n) is 7.42. The third kappa shape index (κ3) is 4.88. The van der Waals surface area contributed by atoms with Crippen LogP contribution >= 0.6 is 23.1 Å². The highest BCUT2D eigenvalue weighted by Gasteiger charge is 2.23. The Bertz CT molecular complexity index is 1180. The number of anilines is 1. The summed E-state index contributed by atoms with van der Waals surface area (Å²) in [6.45, 7) is 4.46. The molecule has 0 N–H and O–H groups in total. The highest BCUT2D eigenvalue weighted by atomic mass is 32.2.